The molecule has 0 spiro atoms. The van der Waals surface area contributed by atoms with E-state index in [4.69, 9.17) is 10.5 Å². The highest BCUT2D eigenvalue weighted by molar-refractivity contribution is 6.00. The van der Waals surface area contributed by atoms with Gasteiger partial charge in [-0.05, 0) is 18.6 Å². The lowest BCUT2D eigenvalue weighted by molar-refractivity contribution is -0.125. The third-order valence-corrected chi connectivity index (χ3v) is 2.95. The van der Waals surface area contributed by atoms with Gasteiger partial charge in [0.15, 0.2) is 0 Å². The minimum atomic E-state index is -0.479. The number of benzene rings is 1. The molecule has 1 aliphatic heterocycles. The summed E-state index contributed by atoms with van der Waals surface area (Å²) in [6, 6.07) is 6.46. The number of rotatable bonds is 3. The van der Waals surface area contributed by atoms with Crippen molar-refractivity contribution >= 4 is 11.8 Å². The van der Waals surface area contributed by atoms with Crippen molar-refractivity contribution in [2.45, 2.75) is 12.5 Å². The molecule has 2 N–H and O–H groups in total. The van der Waals surface area contributed by atoms with Crippen molar-refractivity contribution in [3.8, 4) is 5.75 Å². The Morgan fingerprint density at radius 1 is 1.41 bits per heavy atom. The zero-order valence-corrected chi connectivity index (χ0v) is 9.55. The monoisotopic (exact) mass is 234 g/mol. The smallest absolute Gasteiger partial charge is 0.258 e. The summed E-state index contributed by atoms with van der Waals surface area (Å²) in [4.78, 5) is 24.7. The Labute approximate surface area is 99.2 Å². The van der Waals surface area contributed by atoms with E-state index in [0.717, 1.165) is 0 Å². The van der Waals surface area contributed by atoms with E-state index in [1.165, 1.54) is 12.0 Å². The molecule has 5 heteroatoms. The van der Waals surface area contributed by atoms with Crippen LogP contribution in [0.25, 0.3) is 0 Å². The molecule has 1 aromatic carbocycles. The SMILES string of the molecule is COc1ccccc1C(=O)N1CCC1C(N)=O. The van der Waals surface area contributed by atoms with E-state index in [0.29, 0.717) is 24.3 Å². The van der Waals surface area contributed by atoms with Gasteiger partial charge < -0.3 is 15.4 Å². The molecule has 0 aliphatic carbocycles. The van der Waals surface area contributed by atoms with Gasteiger partial charge in [0.05, 0.1) is 12.7 Å². The largest absolute Gasteiger partial charge is 0.496 e. The van der Waals surface area contributed by atoms with Gasteiger partial charge in [0.1, 0.15) is 11.8 Å². The highest BCUT2D eigenvalue weighted by Crippen LogP contribution is 2.25. The molecule has 1 aliphatic rings. The summed E-state index contributed by atoms with van der Waals surface area (Å²) in [7, 11) is 1.51. The number of para-hydroxylation sites is 1. The lowest BCUT2D eigenvalue weighted by atomic mass is 10.0. The van der Waals surface area contributed by atoms with E-state index < -0.39 is 11.9 Å². The molecule has 5 nitrogen and oxygen atoms in total. The van der Waals surface area contributed by atoms with Crippen molar-refractivity contribution in [3.05, 3.63) is 29.8 Å². The Kier molecular flexibility index (Phi) is 2.99. The number of nitrogens with zero attached hydrogens (tertiary/aromatic N) is 1. The maximum Gasteiger partial charge on any atom is 0.258 e. The van der Waals surface area contributed by atoms with Gasteiger partial charge in [-0.25, -0.2) is 0 Å². The first-order chi connectivity index (χ1) is 8.15. The average molecular weight is 234 g/mol. The van der Waals surface area contributed by atoms with Crippen LogP contribution in [-0.4, -0.2) is 36.4 Å². The van der Waals surface area contributed by atoms with Crippen LogP contribution in [0.4, 0.5) is 0 Å². The van der Waals surface area contributed by atoms with Crippen molar-refractivity contribution < 1.29 is 14.3 Å². The zero-order chi connectivity index (χ0) is 12.4. The summed E-state index contributed by atoms with van der Waals surface area (Å²) in [5.41, 5.74) is 5.67. The van der Waals surface area contributed by atoms with Gasteiger partial charge in [-0.1, -0.05) is 12.1 Å². The second-order valence-corrected chi connectivity index (χ2v) is 3.91. The number of carbonyl (C=O) groups excluding carboxylic acids is 2. The van der Waals surface area contributed by atoms with E-state index >= 15 is 0 Å². The Balaban J connectivity index is 2.23. The molecule has 1 heterocycles. The topological polar surface area (TPSA) is 72.6 Å². The number of carbonyl (C=O) groups is 2. The van der Waals surface area contributed by atoms with Crippen molar-refractivity contribution in [1.82, 2.24) is 4.90 Å². The van der Waals surface area contributed by atoms with Crippen LogP contribution >= 0.6 is 0 Å². The number of primary amides is 1. The predicted octanol–water partition coefficient (Wildman–Crippen LogP) is 0.395. The van der Waals surface area contributed by atoms with Crippen LogP contribution in [0.5, 0.6) is 5.75 Å². The fraction of sp³-hybridized carbons (Fsp3) is 0.333. The van der Waals surface area contributed by atoms with Crippen molar-refractivity contribution in [3.63, 3.8) is 0 Å². The number of hydrogen-bond acceptors (Lipinski definition) is 3. The number of hydrogen-bond donors (Lipinski definition) is 1. The van der Waals surface area contributed by atoms with Crippen molar-refractivity contribution in [2.24, 2.45) is 5.73 Å². The normalized spacial score (nSPS) is 18.4. The predicted molar refractivity (Wildman–Crippen MR) is 61.6 cm³/mol. The second kappa shape index (κ2) is 4.45. The lowest BCUT2D eigenvalue weighted by Gasteiger charge is -2.38. The van der Waals surface area contributed by atoms with E-state index in [-0.39, 0.29) is 5.91 Å². The highest BCUT2D eigenvalue weighted by Gasteiger charge is 2.37. The molecule has 1 fully saturated rings. The zero-order valence-electron chi connectivity index (χ0n) is 9.55. The number of amides is 2. The Morgan fingerprint density at radius 3 is 2.65 bits per heavy atom. The van der Waals surface area contributed by atoms with E-state index in [1.807, 2.05) is 0 Å². The molecular weight excluding hydrogens is 220 g/mol. The molecule has 1 aromatic rings. The van der Waals surface area contributed by atoms with Gasteiger partial charge in [-0.3, -0.25) is 9.59 Å². The number of methoxy groups -OCH3 is 1. The number of ether oxygens (including phenoxy) is 1. The quantitative estimate of drug-likeness (QED) is 0.822. The van der Waals surface area contributed by atoms with Crippen LogP contribution in [0.2, 0.25) is 0 Å². The van der Waals surface area contributed by atoms with Crippen LogP contribution in [-0.2, 0) is 4.79 Å². The highest BCUT2D eigenvalue weighted by atomic mass is 16.5. The molecule has 90 valence electrons. The van der Waals surface area contributed by atoms with Gasteiger partial charge in [-0.2, -0.15) is 0 Å². The molecule has 0 saturated carbocycles. The Morgan fingerprint density at radius 2 is 2.12 bits per heavy atom. The molecule has 0 aromatic heterocycles. The first kappa shape index (κ1) is 11.4. The van der Waals surface area contributed by atoms with Crippen LogP contribution in [0.3, 0.4) is 0 Å². The summed E-state index contributed by atoms with van der Waals surface area (Å²) in [5.74, 6) is -0.162. The van der Waals surface area contributed by atoms with E-state index in [1.54, 1.807) is 24.3 Å². The van der Waals surface area contributed by atoms with Gasteiger partial charge in [-0.15, -0.1) is 0 Å². The molecule has 17 heavy (non-hydrogen) atoms. The minimum Gasteiger partial charge on any atom is -0.496 e. The molecule has 1 atom stereocenters. The Hall–Kier alpha value is -2.04. The fourth-order valence-electron chi connectivity index (χ4n) is 1.90. The fourth-order valence-corrected chi connectivity index (χ4v) is 1.90. The molecule has 2 amide bonds. The first-order valence-electron chi connectivity index (χ1n) is 5.38. The summed E-state index contributed by atoms with van der Waals surface area (Å²) >= 11 is 0. The van der Waals surface area contributed by atoms with Crippen LogP contribution in [0.15, 0.2) is 24.3 Å². The molecule has 1 saturated heterocycles. The average Bonchev–Trinajstić information content (AvgIpc) is 2.26. The summed E-state index contributed by atoms with van der Waals surface area (Å²) in [6.07, 6.45) is 0.635. The third kappa shape index (κ3) is 1.95. The van der Waals surface area contributed by atoms with Crippen molar-refractivity contribution in [1.29, 1.82) is 0 Å². The van der Waals surface area contributed by atoms with Crippen LogP contribution in [0, 0.1) is 0 Å². The standard InChI is InChI=1S/C12H14N2O3/c1-17-10-5-3-2-4-8(10)12(16)14-7-6-9(14)11(13)15/h2-5,9H,6-7H2,1H3,(H2,13,15). The van der Waals surface area contributed by atoms with Gasteiger partial charge in [0.25, 0.3) is 5.91 Å². The molecule has 2 rings (SSSR count). The minimum absolute atomic E-state index is 0.211. The molecule has 0 bridgehead atoms. The van der Waals surface area contributed by atoms with Crippen LogP contribution in [0.1, 0.15) is 16.8 Å². The summed E-state index contributed by atoms with van der Waals surface area (Å²) in [6.45, 7) is 0.560. The van der Waals surface area contributed by atoms with Gasteiger partial charge >= 0.3 is 0 Å². The van der Waals surface area contributed by atoms with E-state index in [9.17, 15) is 9.59 Å². The number of likely N-dealkylation sites (tertiary alicyclic amines) is 1. The van der Waals surface area contributed by atoms with E-state index in [2.05, 4.69) is 0 Å². The lowest BCUT2D eigenvalue weighted by Crippen LogP contribution is -2.57. The van der Waals surface area contributed by atoms with Gasteiger partial charge in [0.2, 0.25) is 5.91 Å². The Bertz CT molecular complexity index is 459. The molecular formula is C12H14N2O3. The summed E-state index contributed by atoms with van der Waals surface area (Å²) in [5, 5.41) is 0. The first-order valence-corrected chi connectivity index (χ1v) is 5.38. The second-order valence-electron chi connectivity index (χ2n) is 3.91. The molecule has 1 unspecified atom stereocenters. The maximum absolute atomic E-state index is 12.2. The number of nitrogens with two attached hydrogens (primary N) is 1. The summed E-state index contributed by atoms with van der Waals surface area (Å²) < 4.78 is 5.12. The van der Waals surface area contributed by atoms with Gasteiger partial charge in [0, 0.05) is 6.54 Å². The molecule has 0 radical (unpaired) electrons. The van der Waals surface area contributed by atoms with Crippen molar-refractivity contribution in [2.75, 3.05) is 13.7 Å². The maximum atomic E-state index is 12.2. The van der Waals surface area contributed by atoms with Crippen LogP contribution < -0.4 is 10.5 Å². The third-order valence-electron chi connectivity index (χ3n) is 2.95.